The van der Waals surface area contributed by atoms with E-state index in [4.69, 9.17) is 4.74 Å². The number of rotatable bonds is 0. The van der Waals surface area contributed by atoms with Gasteiger partial charge in [-0.05, 0) is 26.8 Å². The van der Waals surface area contributed by atoms with Crippen LogP contribution >= 0.6 is 0 Å². The molecule has 2 aromatic rings. The van der Waals surface area contributed by atoms with Crippen LogP contribution in [0.2, 0.25) is 0 Å². The molecule has 0 bridgehead atoms. The number of hydrogen-bond donors (Lipinski definition) is 0. The fraction of sp³-hybridized carbons (Fsp3) is 0.353. The average Bonchev–Trinajstić information content (AvgIpc) is 2.72. The standard InChI is InChI=1S/C17H18NO3/c1-17(2,3)21-16(20)18-12-8-5-4-7-11(12)15-13(18)9-6-10-14(15)19/h4-8H,9-10H2,1-3H3/q+1. The molecule has 3 rings (SSSR count). The number of ether oxygens (including phenoxy) is 1. The smallest absolute Gasteiger partial charge is 0.419 e. The van der Waals surface area contributed by atoms with Crippen molar-refractivity contribution < 1.29 is 14.3 Å². The van der Waals surface area contributed by atoms with E-state index in [0.29, 0.717) is 18.4 Å². The van der Waals surface area contributed by atoms with Crippen molar-refractivity contribution in [1.29, 1.82) is 0 Å². The number of benzene rings is 1. The van der Waals surface area contributed by atoms with E-state index in [1.807, 2.05) is 51.5 Å². The van der Waals surface area contributed by atoms with E-state index in [1.54, 1.807) is 4.57 Å². The van der Waals surface area contributed by atoms with Gasteiger partial charge in [0.05, 0.1) is 23.2 Å². The zero-order valence-electron chi connectivity index (χ0n) is 12.5. The number of hydrogen-bond acceptors (Lipinski definition) is 3. The number of ketones is 1. The second-order valence-electron chi connectivity index (χ2n) is 6.27. The van der Waals surface area contributed by atoms with E-state index in [-0.39, 0.29) is 5.78 Å². The first-order chi connectivity index (χ1) is 9.88. The van der Waals surface area contributed by atoms with Crippen LogP contribution in [-0.4, -0.2) is 22.0 Å². The Bertz CT molecular complexity index is 734. The molecule has 0 saturated carbocycles. The molecule has 0 atom stereocenters. The summed E-state index contributed by atoms with van der Waals surface area (Å²) >= 11 is 0. The van der Waals surface area contributed by atoms with Crippen LogP contribution < -0.4 is 0 Å². The van der Waals surface area contributed by atoms with Gasteiger partial charge in [0, 0.05) is 5.39 Å². The molecule has 1 aromatic carbocycles. The largest absolute Gasteiger partial charge is 0.443 e. The first kappa shape index (κ1) is 13.7. The zero-order chi connectivity index (χ0) is 15.2. The Morgan fingerprint density at radius 2 is 1.95 bits per heavy atom. The molecule has 0 radical (unpaired) electrons. The normalized spacial score (nSPS) is 14.7. The van der Waals surface area contributed by atoms with Crippen LogP contribution in [0.1, 0.15) is 43.2 Å². The third-order valence-corrected chi connectivity index (χ3v) is 3.50. The summed E-state index contributed by atoms with van der Waals surface area (Å²) in [5, 5.41) is 0.830. The highest BCUT2D eigenvalue weighted by atomic mass is 16.6. The quantitative estimate of drug-likeness (QED) is 0.692. The van der Waals surface area contributed by atoms with Crippen LogP contribution in [-0.2, 0) is 11.2 Å². The van der Waals surface area contributed by atoms with E-state index in [0.717, 1.165) is 16.6 Å². The molecule has 1 heterocycles. The van der Waals surface area contributed by atoms with Gasteiger partial charge in [-0.15, -0.1) is 0 Å². The minimum absolute atomic E-state index is 0.0646. The molecule has 0 amide bonds. The molecule has 1 aliphatic rings. The van der Waals surface area contributed by atoms with Crippen molar-refractivity contribution in [2.45, 2.75) is 39.2 Å². The maximum absolute atomic E-state index is 12.5. The summed E-state index contributed by atoms with van der Waals surface area (Å²) < 4.78 is 7.04. The molecule has 4 nitrogen and oxygen atoms in total. The Hall–Kier alpha value is -2.23. The summed E-state index contributed by atoms with van der Waals surface area (Å²) in [6.45, 7) is 5.50. The van der Waals surface area contributed by atoms with Crippen molar-refractivity contribution in [3.8, 4) is 0 Å². The van der Waals surface area contributed by atoms with Crippen LogP contribution in [0.4, 0.5) is 4.79 Å². The molecule has 4 heteroatoms. The predicted octanol–water partition coefficient (Wildman–Crippen LogP) is 3.76. The molecule has 0 fully saturated rings. The Morgan fingerprint density at radius 1 is 1.24 bits per heavy atom. The molecule has 0 N–H and O–H groups in total. The SMILES string of the molecule is CC(C)(C)OC(=O)n1c2c(c3ccccc31)C(=O)C[CH+]C2. The molecule has 108 valence electrons. The molecule has 0 unspecified atom stereocenters. The van der Waals surface area contributed by atoms with Crippen LogP contribution in [0.25, 0.3) is 10.9 Å². The predicted molar refractivity (Wildman–Crippen MR) is 80.5 cm³/mol. The van der Waals surface area contributed by atoms with Crippen molar-refractivity contribution in [3.63, 3.8) is 0 Å². The highest BCUT2D eigenvalue weighted by Gasteiger charge is 2.33. The van der Waals surface area contributed by atoms with Crippen LogP contribution in [0.15, 0.2) is 24.3 Å². The maximum Gasteiger partial charge on any atom is 0.419 e. The van der Waals surface area contributed by atoms with Gasteiger partial charge in [0.1, 0.15) is 12.0 Å². The molecular formula is C17H18NO3+. The Kier molecular flexibility index (Phi) is 3.04. The van der Waals surface area contributed by atoms with Crippen molar-refractivity contribution in [1.82, 2.24) is 4.57 Å². The molecule has 0 saturated heterocycles. The third-order valence-electron chi connectivity index (χ3n) is 3.50. The lowest BCUT2D eigenvalue weighted by Gasteiger charge is -2.20. The fourth-order valence-electron chi connectivity index (χ4n) is 2.76. The van der Waals surface area contributed by atoms with Crippen molar-refractivity contribution in [3.05, 3.63) is 41.9 Å². The molecule has 0 spiro atoms. The Labute approximate surface area is 123 Å². The van der Waals surface area contributed by atoms with Gasteiger partial charge in [-0.3, -0.25) is 4.79 Å². The van der Waals surface area contributed by atoms with E-state index >= 15 is 0 Å². The van der Waals surface area contributed by atoms with Gasteiger partial charge in [0.15, 0.2) is 6.42 Å². The van der Waals surface area contributed by atoms with Crippen molar-refractivity contribution >= 4 is 22.8 Å². The summed E-state index contributed by atoms with van der Waals surface area (Å²) in [6, 6.07) is 7.49. The number of para-hydroxylation sites is 1. The molecular weight excluding hydrogens is 266 g/mol. The zero-order valence-corrected chi connectivity index (χ0v) is 12.5. The molecule has 1 aromatic heterocycles. The summed E-state index contributed by atoms with van der Waals surface area (Å²) in [7, 11) is 0. The van der Waals surface area contributed by atoms with Gasteiger partial charge >= 0.3 is 6.09 Å². The monoisotopic (exact) mass is 284 g/mol. The van der Waals surface area contributed by atoms with Gasteiger partial charge in [0.2, 0.25) is 5.78 Å². The maximum atomic E-state index is 12.5. The van der Waals surface area contributed by atoms with Crippen LogP contribution in [0.5, 0.6) is 0 Å². The van der Waals surface area contributed by atoms with E-state index in [9.17, 15) is 9.59 Å². The van der Waals surface area contributed by atoms with Crippen molar-refractivity contribution in [2.24, 2.45) is 0 Å². The van der Waals surface area contributed by atoms with E-state index < -0.39 is 11.7 Å². The number of fused-ring (bicyclic) bond motifs is 3. The third kappa shape index (κ3) is 2.31. The van der Waals surface area contributed by atoms with E-state index in [1.165, 1.54) is 0 Å². The minimum atomic E-state index is -0.572. The number of carbonyl (C=O) groups is 2. The lowest BCUT2D eigenvalue weighted by Crippen LogP contribution is -2.28. The second kappa shape index (κ2) is 4.65. The minimum Gasteiger partial charge on any atom is -0.443 e. The van der Waals surface area contributed by atoms with Gasteiger partial charge < -0.3 is 4.74 Å². The summed E-state index contributed by atoms with van der Waals surface area (Å²) in [6.07, 6.45) is 2.51. The molecule has 1 aliphatic carbocycles. The average molecular weight is 284 g/mol. The second-order valence-corrected chi connectivity index (χ2v) is 6.27. The number of nitrogens with zero attached hydrogens (tertiary/aromatic N) is 1. The van der Waals surface area contributed by atoms with Crippen LogP contribution in [0, 0.1) is 6.42 Å². The lowest BCUT2D eigenvalue weighted by atomic mass is 9.94. The van der Waals surface area contributed by atoms with E-state index in [2.05, 4.69) is 0 Å². The Balaban J connectivity index is 2.23. The van der Waals surface area contributed by atoms with Crippen molar-refractivity contribution in [2.75, 3.05) is 0 Å². The van der Waals surface area contributed by atoms with Gasteiger partial charge in [-0.25, -0.2) is 9.36 Å². The first-order valence-electron chi connectivity index (χ1n) is 7.09. The molecule has 21 heavy (non-hydrogen) atoms. The number of aromatic nitrogens is 1. The number of carbonyl (C=O) groups excluding carboxylic acids is 2. The highest BCUT2D eigenvalue weighted by molar-refractivity contribution is 6.12. The van der Waals surface area contributed by atoms with Gasteiger partial charge in [-0.1, -0.05) is 18.2 Å². The van der Waals surface area contributed by atoms with Gasteiger partial charge in [0.25, 0.3) is 0 Å². The van der Waals surface area contributed by atoms with Crippen LogP contribution in [0.3, 0.4) is 0 Å². The van der Waals surface area contributed by atoms with Gasteiger partial charge in [-0.2, -0.15) is 0 Å². The lowest BCUT2D eigenvalue weighted by molar-refractivity contribution is 0.0540. The highest BCUT2D eigenvalue weighted by Crippen LogP contribution is 2.32. The summed E-state index contributed by atoms with van der Waals surface area (Å²) in [5.74, 6) is 0.0646. The fourth-order valence-corrected chi connectivity index (χ4v) is 2.76. The molecule has 0 aliphatic heterocycles. The first-order valence-corrected chi connectivity index (χ1v) is 7.09. The topological polar surface area (TPSA) is 48.3 Å². The summed E-state index contributed by atoms with van der Waals surface area (Å²) in [5.41, 5.74) is 1.57. The summed E-state index contributed by atoms with van der Waals surface area (Å²) in [4.78, 5) is 24.8. The number of Topliss-reactive ketones (excluding diaryl/α,β-unsaturated/α-hetero) is 1. The Morgan fingerprint density at radius 3 is 2.67 bits per heavy atom.